The average Bonchev–Trinajstić information content (AvgIpc) is 2.26. The SMILES string of the molecule is CC(=O)N[C@H]1CCCC[C@H]1N(CCO)C(C)C. The first-order valence-corrected chi connectivity index (χ1v) is 6.70. The highest BCUT2D eigenvalue weighted by atomic mass is 16.3. The molecule has 0 aromatic heterocycles. The molecule has 1 aliphatic carbocycles. The van der Waals surface area contributed by atoms with Gasteiger partial charge in [0.25, 0.3) is 0 Å². The van der Waals surface area contributed by atoms with E-state index in [1.54, 1.807) is 6.92 Å². The number of carbonyl (C=O) groups is 1. The molecule has 4 nitrogen and oxygen atoms in total. The summed E-state index contributed by atoms with van der Waals surface area (Å²) >= 11 is 0. The van der Waals surface area contributed by atoms with Gasteiger partial charge in [-0.25, -0.2) is 0 Å². The number of nitrogens with zero attached hydrogens (tertiary/aromatic N) is 1. The van der Waals surface area contributed by atoms with Crippen molar-refractivity contribution < 1.29 is 9.90 Å². The summed E-state index contributed by atoms with van der Waals surface area (Å²) in [5, 5.41) is 12.2. The summed E-state index contributed by atoms with van der Waals surface area (Å²) < 4.78 is 0. The lowest BCUT2D eigenvalue weighted by atomic mass is 9.88. The van der Waals surface area contributed by atoms with Gasteiger partial charge in [-0.3, -0.25) is 9.69 Å². The monoisotopic (exact) mass is 242 g/mol. The molecule has 0 radical (unpaired) electrons. The van der Waals surface area contributed by atoms with Gasteiger partial charge in [0.1, 0.15) is 0 Å². The third-order valence-electron chi connectivity index (χ3n) is 3.57. The van der Waals surface area contributed by atoms with Crippen LogP contribution in [-0.4, -0.2) is 47.2 Å². The summed E-state index contributed by atoms with van der Waals surface area (Å²) in [5.41, 5.74) is 0. The lowest BCUT2D eigenvalue weighted by Crippen LogP contribution is -2.55. The van der Waals surface area contributed by atoms with E-state index in [1.165, 1.54) is 12.8 Å². The molecule has 2 N–H and O–H groups in total. The van der Waals surface area contributed by atoms with Crippen LogP contribution in [0.15, 0.2) is 0 Å². The van der Waals surface area contributed by atoms with Gasteiger partial charge in [-0.15, -0.1) is 0 Å². The first-order chi connectivity index (χ1) is 8.06. The van der Waals surface area contributed by atoms with E-state index < -0.39 is 0 Å². The fourth-order valence-electron chi connectivity index (χ4n) is 2.86. The molecule has 2 atom stereocenters. The molecule has 4 heteroatoms. The summed E-state index contributed by atoms with van der Waals surface area (Å²) in [5.74, 6) is 0.0506. The maximum Gasteiger partial charge on any atom is 0.217 e. The third-order valence-corrected chi connectivity index (χ3v) is 3.57. The van der Waals surface area contributed by atoms with Crippen LogP contribution in [0.4, 0.5) is 0 Å². The fraction of sp³-hybridized carbons (Fsp3) is 0.923. The Bertz CT molecular complexity index is 244. The number of rotatable bonds is 5. The van der Waals surface area contributed by atoms with E-state index >= 15 is 0 Å². The summed E-state index contributed by atoms with van der Waals surface area (Å²) in [6.45, 7) is 6.75. The van der Waals surface area contributed by atoms with E-state index in [2.05, 4.69) is 24.1 Å². The Hall–Kier alpha value is -0.610. The van der Waals surface area contributed by atoms with Crippen molar-refractivity contribution in [3.05, 3.63) is 0 Å². The molecule has 1 amide bonds. The van der Waals surface area contributed by atoms with E-state index in [4.69, 9.17) is 5.11 Å². The Morgan fingerprint density at radius 2 is 2.06 bits per heavy atom. The molecule has 0 unspecified atom stereocenters. The quantitative estimate of drug-likeness (QED) is 0.760. The molecule has 100 valence electrons. The summed E-state index contributed by atoms with van der Waals surface area (Å²) in [6.07, 6.45) is 4.57. The van der Waals surface area contributed by atoms with Gasteiger partial charge in [-0.2, -0.15) is 0 Å². The molecular weight excluding hydrogens is 216 g/mol. The standard InChI is InChI=1S/C13H26N2O2/c1-10(2)15(8-9-16)13-7-5-4-6-12(13)14-11(3)17/h10,12-13,16H,4-9H2,1-3H3,(H,14,17)/t12-,13+/m0/s1. The zero-order valence-corrected chi connectivity index (χ0v) is 11.3. The van der Waals surface area contributed by atoms with Crippen molar-refractivity contribution in [3.63, 3.8) is 0 Å². The molecule has 0 aromatic rings. The van der Waals surface area contributed by atoms with Crippen LogP contribution in [0.25, 0.3) is 0 Å². The zero-order chi connectivity index (χ0) is 12.8. The first kappa shape index (κ1) is 14.5. The Balaban J connectivity index is 2.69. The van der Waals surface area contributed by atoms with E-state index in [0.717, 1.165) is 12.8 Å². The highest BCUT2D eigenvalue weighted by Crippen LogP contribution is 2.24. The molecule has 1 rings (SSSR count). The molecular formula is C13H26N2O2. The van der Waals surface area contributed by atoms with Crippen LogP contribution in [0, 0.1) is 0 Å². The number of hydrogen-bond acceptors (Lipinski definition) is 3. The highest BCUT2D eigenvalue weighted by molar-refractivity contribution is 5.73. The Kier molecular flexibility index (Phi) is 5.92. The first-order valence-electron chi connectivity index (χ1n) is 6.70. The van der Waals surface area contributed by atoms with Crippen LogP contribution in [0.5, 0.6) is 0 Å². The lowest BCUT2D eigenvalue weighted by molar-refractivity contribution is -0.120. The maximum atomic E-state index is 11.2. The van der Waals surface area contributed by atoms with E-state index in [9.17, 15) is 4.79 Å². The average molecular weight is 242 g/mol. The second-order valence-corrected chi connectivity index (χ2v) is 5.21. The normalized spacial score (nSPS) is 25.3. The van der Waals surface area contributed by atoms with Crippen LogP contribution >= 0.6 is 0 Å². The zero-order valence-electron chi connectivity index (χ0n) is 11.3. The van der Waals surface area contributed by atoms with Crippen LogP contribution in [-0.2, 0) is 4.79 Å². The maximum absolute atomic E-state index is 11.2. The molecule has 0 bridgehead atoms. The second-order valence-electron chi connectivity index (χ2n) is 5.21. The lowest BCUT2D eigenvalue weighted by Gasteiger charge is -2.42. The van der Waals surface area contributed by atoms with Gasteiger partial charge < -0.3 is 10.4 Å². The molecule has 0 aliphatic heterocycles. The van der Waals surface area contributed by atoms with E-state index in [-0.39, 0.29) is 18.6 Å². The Labute approximate surface area is 104 Å². The van der Waals surface area contributed by atoms with Crippen LogP contribution in [0.3, 0.4) is 0 Å². The summed E-state index contributed by atoms with van der Waals surface area (Å²) in [6, 6.07) is 1.02. The number of amides is 1. The van der Waals surface area contributed by atoms with Gasteiger partial charge in [-0.1, -0.05) is 12.8 Å². The molecule has 0 spiro atoms. The minimum Gasteiger partial charge on any atom is -0.395 e. The van der Waals surface area contributed by atoms with Crippen molar-refractivity contribution in [2.75, 3.05) is 13.2 Å². The molecule has 0 aromatic carbocycles. The number of nitrogens with one attached hydrogen (secondary N) is 1. The third kappa shape index (κ3) is 4.28. The highest BCUT2D eigenvalue weighted by Gasteiger charge is 2.31. The number of carbonyl (C=O) groups excluding carboxylic acids is 1. The van der Waals surface area contributed by atoms with Gasteiger partial charge in [0.15, 0.2) is 0 Å². The van der Waals surface area contributed by atoms with Gasteiger partial charge in [0.2, 0.25) is 5.91 Å². The molecule has 1 aliphatic rings. The van der Waals surface area contributed by atoms with E-state index in [0.29, 0.717) is 18.6 Å². The summed E-state index contributed by atoms with van der Waals surface area (Å²) in [4.78, 5) is 13.5. The number of aliphatic hydroxyl groups is 1. The van der Waals surface area contributed by atoms with Gasteiger partial charge in [-0.05, 0) is 26.7 Å². The van der Waals surface area contributed by atoms with Crippen molar-refractivity contribution in [1.29, 1.82) is 0 Å². The number of aliphatic hydroxyl groups excluding tert-OH is 1. The van der Waals surface area contributed by atoms with Crippen molar-refractivity contribution >= 4 is 5.91 Å². The van der Waals surface area contributed by atoms with Crippen molar-refractivity contribution in [2.45, 2.75) is 64.6 Å². The number of hydrogen-bond donors (Lipinski definition) is 2. The van der Waals surface area contributed by atoms with Gasteiger partial charge in [0.05, 0.1) is 6.61 Å². The van der Waals surface area contributed by atoms with Crippen molar-refractivity contribution in [2.24, 2.45) is 0 Å². The van der Waals surface area contributed by atoms with E-state index in [1.807, 2.05) is 0 Å². The smallest absolute Gasteiger partial charge is 0.217 e. The topological polar surface area (TPSA) is 52.6 Å². The molecule has 17 heavy (non-hydrogen) atoms. The van der Waals surface area contributed by atoms with Crippen LogP contribution in [0.1, 0.15) is 46.5 Å². The largest absolute Gasteiger partial charge is 0.395 e. The van der Waals surface area contributed by atoms with Crippen molar-refractivity contribution in [1.82, 2.24) is 10.2 Å². The van der Waals surface area contributed by atoms with Crippen LogP contribution in [0.2, 0.25) is 0 Å². The Morgan fingerprint density at radius 3 is 2.59 bits per heavy atom. The minimum atomic E-state index is 0.0506. The molecule has 0 heterocycles. The molecule has 1 fully saturated rings. The molecule has 0 saturated heterocycles. The fourth-order valence-corrected chi connectivity index (χ4v) is 2.86. The van der Waals surface area contributed by atoms with Crippen LogP contribution < -0.4 is 5.32 Å². The van der Waals surface area contributed by atoms with Gasteiger partial charge >= 0.3 is 0 Å². The van der Waals surface area contributed by atoms with Crippen molar-refractivity contribution in [3.8, 4) is 0 Å². The Morgan fingerprint density at radius 1 is 1.41 bits per heavy atom. The van der Waals surface area contributed by atoms with Gasteiger partial charge in [0, 0.05) is 31.6 Å². The molecule has 1 saturated carbocycles. The predicted octanol–water partition coefficient (Wildman–Crippen LogP) is 1.14. The predicted molar refractivity (Wildman–Crippen MR) is 68.8 cm³/mol. The second kappa shape index (κ2) is 6.97. The minimum absolute atomic E-state index is 0.0506. The summed E-state index contributed by atoms with van der Waals surface area (Å²) in [7, 11) is 0.